The van der Waals surface area contributed by atoms with Crippen LogP contribution in [0.4, 0.5) is 22.0 Å². The van der Waals surface area contributed by atoms with Crippen LogP contribution < -0.4 is 4.74 Å². The molecular weight excluding hydrogens is 733 g/mol. The third-order valence-corrected chi connectivity index (χ3v) is 11.1. The number of carbonyl (C=O) groups is 1. The molecule has 0 spiro atoms. The zero-order valence-corrected chi connectivity index (χ0v) is 28.6. The molecule has 18 heteroatoms. The molecule has 4 aromatic carbocycles. The van der Waals surface area contributed by atoms with Gasteiger partial charge in [0.1, 0.15) is 0 Å². The maximum Gasteiger partial charge on any atom is 0.399 e. The topological polar surface area (TPSA) is 176 Å². The van der Waals surface area contributed by atoms with Crippen molar-refractivity contribution in [2.24, 2.45) is 0 Å². The summed E-state index contributed by atoms with van der Waals surface area (Å²) in [6, 6.07) is 15.5. The molecular formula is C32H29F5O10P2S. The predicted octanol–water partition coefficient (Wildman–Crippen LogP) is 6.30. The van der Waals surface area contributed by atoms with Crippen LogP contribution >= 0.6 is 15.2 Å². The molecule has 0 heterocycles. The predicted molar refractivity (Wildman–Crippen MR) is 171 cm³/mol. The lowest BCUT2D eigenvalue weighted by molar-refractivity contribution is 0.0564. The lowest BCUT2D eigenvalue weighted by Gasteiger charge is -2.34. The molecule has 4 rings (SSSR count). The first-order chi connectivity index (χ1) is 22.9. The molecule has 0 aromatic heterocycles. The summed E-state index contributed by atoms with van der Waals surface area (Å²) in [5, 5.41) is 0. The van der Waals surface area contributed by atoms with Gasteiger partial charge in [-0.3, -0.25) is 13.9 Å². The zero-order chi connectivity index (χ0) is 37.5. The number of hydrogen-bond acceptors (Lipinski definition) is 6. The molecule has 0 atom stereocenters. The average molecular weight is 763 g/mol. The van der Waals surface area contributed by atoms with Crippen molar-refractivity contribution in [3.8, 4) is 5.75 Å². The van der Waals surface area contributed by atoms with Crippen LogP contribution in [0.1, 0.15) is 38.2 Å². The highest BCUT2D eigenvalue weighted by Crippen LogP contribution is 2.60. The molecule has 0 amide bonds. The van der Waals surface area contributed by atoms with Crippen molar-refractivity contribution in [1.82, 2.24) is 0 Å². The van der Waals surface area contributed by atoms with Crippen molar-refractivity contribution in [1.29, 1.82) is 0 Å². The lowest BCUT2D eigenvalue weighted by atomic mass is 9.67. The number of halogens is 5. The Kier molecular flexibility index (Phi) is 10.7. The number of Topliss-reactive ketones (excluding diaryl/α,β-unsaturated/α-hetero) is 1. The van der Waals surface area contributed by atoms with Gasteiger partial charge in [-0.2, -0.15) is 17.6 Å². The molecule has 0 aliphatic carbocycles. The van der Waals surface area contributed by atoms with E-state index in [0.29, 0.717) is 0 Å². The van der Waals surface area contributed by atoms with Crippen LogP contribution in [0.5, 0.6) is 5.75 Å². The van der Waals surface area contributed by atoms with Crippen molar-refractivity contribution in [2.75, 3.05) is 13.4 Å². The van der Waals surface area contributed by atoms with Crippen LogP contribution in [0.3, 0.4) is 0 Å². The molecule has 4 aromatic rings. The van der Waals surface area contributed by atoms with Crippen molar-refractivity contribution in [3.05, 3.63) is 130 Å². The standard InChI is InChI=1S/C32H29F5O10P2S/c1-47-28-16-7-22(17-27(28)33)29(38)30(23-12-14-26(15-13-23)50(2,45)46,18-20-3-8-24(9-4-20)31(34,35)48(39,40)41)19-21-5-10-25(11-6-21)32(36,37)49(42,43)44/h3-17H,18-19H2,1-2H3,(H2,39,40,41)(H2,42,43,44). The molecule has 0 bridgehead atoms. The van der Waals surface area contributed by atoms with E-state index < -0.39 is 77.3 Å². The number of carbonyl (C=O) groups excluding carboxylic acids is 1. The highest BCUT2D eigenvalue weighted by molar-refractivity contribution is 7.90. The first kappa shape index (κ1) is 39.0. The fraction of sp³-hybridized carbons (Fsp3) is 0.219. The third kappa shape index (κ3) is 7.76. The Morgan fingerprint density at radius 2 is 1.10 bits per heavy atom. The van der Waals surface area contributed by atoms with Crippen molar-refractivity contribution in [3.63, 3.8) is 0 Å². The number of alkyl halides is 4. The molecule has 0 fully saturated rings. The summed E-state index contributed by atoms with van der Waals surface area (Å²) in [5.74, 6) is -1.96. The number of ether oxygens (including phenoxy) is 1. The molecule has 268 valence electrons. The Morgan fingerprint density at radius 3 is 1.44 bits per heavy atom. The molecule has 10 nitrogen and oxygen atoms in total. The molecule has 0 unspecified atom stereocenters. The molecule has 50 heavy (non-hydrogen) atoms. The van der Waals surface area contributed by atoms with E-state index >= 15 is 0 Å². The third-order valence-electron chi connectivity index (χ3n) is 8.03. The van der Waals surface area contributed by atoms with Gasteiger partial charge in [0.15, 0.2) is 27.2 Å². The molecule has 4 N–H and O–H groups in total. The minimum atomic E-state index is -5.94. The van der Waals surface area contributed by atoms with E-state index in [4.69, 9.17) is 24.3 Å². The largest absolute Gasteiger partial charge is 0.494 e. The van der Waals surface area contributed by atoms with Gasteiger partial charge in [-0.15, -0.1) is 0 Å². The minimum absolute atomic E-state index is 0.111. The van der Waals surface area contributed by atoms with Gasteiger partial charge < -0.3 is 24.3 Å². The van der Waals surface area contributed by atoms with Gasteiger partial charge in [-0.05, 0) is 59.9 Å². The fourth-order valence-corrected chi connectivity index (χ4v) is 6.94. The molecule has 0 radical (unpaired) electrons. The highest BCUT2D eigenvalue weighted by atomic mass is 32.2. The smallest absolute Gasteiger partial charge is 0.399 e. The van der Waals surface area contributed by atoms with E-state index in [0.717, 1.165) is 66.9 Å². The van der Waals surface area contributed by atoms with Gasteiger partial charge in [0.2, 0.25) is 0 Å². The summed E-state index contributed by atoms with van der Waals surface area (Å²) in [7, 11) is -14.4. The van der Waals surface area contributed by atoms with E-state index in [2.05, 4.69) is 0 Å². The Labute approximate surface area is 282 Å². The molecule has 0 saturated heterocycles. The lowest BCUT2D eigenvalue weighted by Crippen LogP contribution is -2.41. The number of methoxy groups -OCH3 is 1. The molecule has 0 aliphatic rings. The van der Waals surface area contributed by atoms with Gasteiger partial charge in [0, 0.05) is 22.9 Å². The number of hydrogen-bond donors (Lipinski definition) is 4. The quantitative estimate of drug-likeness (QED) is 0.0688. The van der Waals surface area contributed by atoms with E-state index in [9.17, 15) is 44.3 Å². The first-order valence-electron chi connectivity index (χ1n) is 14.2. The maximum atomic E-state index is 14.9. The maximum absolute atomic E-state index is 14.9. The van der Waals surface area contributed by atoms with Crippen molar-refractivity contribution < 1.29 is 68.6 Å². The van der Waals surface area contributed by atoms with Crippen LogP contribution in [0.25, 0.3) is 0 Å². The second-order valence-electron chi connectivity index (χ2n) is 11.5. The van der Waals surface area contributed by atoms with Gasteiger partial charge in [0.25, 0.3) is 0 Å². The fourth-order valence-electron chi connectivity index (χ4n) is 5.34. The highest BCUT2D eigenvalue weighted by Gasteiger charge is 2.51. The minimum Gasteiger partial charge on any atom is -0.494 e. The summed E-state index contributed by atoms with van der Waals surface area (Å²) in [6.45, 7) is 0. The van der Waals surface area contributed by atoms with Gasteiger partial charge in [-0.25, -0.2) is 12.8 Å². The Bertz CT molecular complexity index is 2020. The van der Waals surface area contributed by atoms with Crippen LogP contribution in [-0.4, -0.2) is 47.1 Å². The summed E-state index contributed by atoms with van der Waals surface area (Å²) >= 11 is 0. The number of sulfone groups is 1. The summed E-state index contributed by atoms with van der Waals surface area (Å²) in [4.78, 5) is 51.2. The number of rotatable bonds is 13. The van der Waals surface area contributed by atoms with Crippen molar-refractivity contribution in [2.45, 2.75) is 34.5 Å². The van der Waals surface area contributed by atoms with Gasteiger partial charge >= 0.3 is 26.5 Å². The summed E-state index contributed by atoms with van der Waals surface area (Å²) in [5.41, 5.74) is -12.9. The Morgan fingerprint density at radius 1 is 0.700 bits per heavy atom. The SMILES string of the molecule is COc1ccc(C(=O)C(Cc2ccc(C(F)(F)P(=O)(O)O)cc2)(Cc2ccc(C(F)(F)P(=O)(O)O)cc2)c2ccc(S(C)(=O)=O)cc2)cc1F. The van der Waals surface area contributed by atoms with Gasteiger partial charge in [0.05, 0.1) is 17.4 Å². The number of ketones is 1. The average Bonchev–Trinajstić information content (AvgIpc) is 3.03. The zero-order valence-electron chi connectivity index (χ0n) is 26.0. The second-order valence-corrected chi connectivity index (χ2v) is 16.8. The van der Waals surface area contributed by atoms with E-state index in [-0.39, 0.29) is 32.9 Å². The summed E-state index contributed by atoms with van der Waals surface area (Å²) in [6.07, 6.45) is 0.129. The van der Waals surface area contributed by atoms with Crippen LogP contribution in [-0.2, 0) is 48.6 Å². The Hall–Kier alpha value is -3.75. The van der Waals surface area contributed by atoms with E-state index in [1.807, 2.05) is 0 Å². The summed E-state index contributed by atoms with van der Waals surface area (Å²) < 4.78 is 125. The van der Waals surface area contributed by atoms with Crippen LogP contribution in [0.2, 0.25) is 0 Å². The van der Waals surface area contributed by atoms with E-state index in [1.54, 1.807) is 0 Å². The monoisotopic (exact) mass is 762 g/mol. The van der Waals surface area contributed by atoms with Crippen LogP contribution in [0.15, 0.2) is 95.9 Å². The van der Waals surface area contributed by atoms with Gasteiger partial charge in [-0.1, -0.05) is 60.7 Å². The second kappa shape index (κ2) is 13.8. The first-order valence-corrected chi connectivity index (χ1v) is 19.3. The van der Waals surface area contributed by atoms with Crippen LogP contribution in [0, 0.1) is 5.82 Å². The van der Waals surface area contributed by atoms with Crippen molar-refractivity contribution >= 4 is 30.8 Å². The molecule has 0 aliphatic heterocycles. The normalized spacial score (nSPS) is 13.3. The number of benzene rings is 4. The Balaban J connectivity index is 1.97. The molecule has 0 saturated carbocycles. The van der Waals surface area contributed by atoms with E-state index in [1.165, 1.54) is 37.4 Å².